The maximum atomic E-state index is 11.9. The van der Waals surface area contributed by atoms with E-state index in [0.29, 0.717) is 17.3 Å². The van der Waals surface area contributed by atoms with E-state index < -0.39 is 54.4 Å². The minimum Gasteiger partial charge on any atom is -0.387 e. The van der Waals surface area contributed by atoms with Crippen LogP contribution in [0.2, 0.25) is 5.28 Å². The molecular weight excluding hydrogens is 589 g/mol. The molecule has 4 aliphatic carbocycles. The molecule has 2 aromatic rings. The highest BCUT2D eigenvalue weighted by atomic mass is 35.5. The molecule has 4 bridgehead atoms. The van der Waals surface area contributed by atoms with E-state index >= 15 is 0 Å². The van der Waals surface area contributed by atoms with Crippen LogP contribution in [0.1, 0.15) is 58.6 Å². The van der Waals surface area contributed by atoms with Crippen molar-refractivity contribution in [3.8, 4) is 0 Å². The molecule has 0 amide bonds. The fraction of sp³-hybridized carbons (Fsp3) is 0.783. The summed E-state index contributed by atoms with van der Waals surface area (Å²) in [6.07, 6.45) is 2.44. The highest BCUT2D eigenvalue weighted by molar-refractivity contribution is 7.93. The van der Waals surface area contributed by atoms with Gasteiger partial charge in [-0.3, -0.25) is 13.3 Å². The normalized spacial score (nSPS) is 39.3. The first-order valence-corrected chi connectivity index (χ1v) is 16.8. The standard InChI is InChI=1S/C23H33ClN5O9PS/c1-21-3-12-4-22(2,7-21)9-23(5-12,8-21)28-17-14-18(27-20(24)26-17)29(10-25-14)19-16(31)15(30)13(38-19)6-37-40(35,36)11-39(32,33)34/h10,12-13,15-16,19,30-31H,3-9,11H2,1-2H3,(H,26,27,28)(H2,32,33,34)/t12?,13-,15?,16?,19-,21-,22+,23?/m1/s1. The van der Waals surface area contributed by atoms with Gasteiger partial charge in [-0.05, 0) is 66.9 Å². The Hall–Kier alpha value is -1.42. The summed E-state index contributed by atoms with van der Waals surface area (Å²) in [7, 11) is -9.52. The Kier molecular flexibility index (Phi) is 6.66. The van der Waals surface area contributed by atoms with Gasteiger partial charge in [0, 0.05) is 5.54 Å². The maximum Gasteiger partial charge on any atom is 0.343 e. The molecule has 17 heteroatoms. The Balaban J connectivity index is 1.25. The van der Waals surface area contributed by atoms with Gasteiger partial charge in [-0.1, -0.05) is 13.8 Å². The molecule has 5 fully saturated rings. The highest BCUT2D eigenvalue weighted by Crippen LogP contribution is 2.67. The molecule has 7 rings (SSSR count). The van der Waals surface area contributed by atoms with Gasteiger partial charge in [-0.25, -0.2) is 4.98 Å². The monoisotopic (exact) mass is 621 g/mol. The summed E-state index contributed by atoms with van der Waals surface area (Å²) in [6, 6.07) is 0. The van der Waals surface area contributed by atoms with Crippen LogP contribution in [-0.4, -0.2) is 83.9 Å². The summed E-state index contributed by atoms with van der Waals surface area (Å²) in [5, 5.41) is 24.9. The third-order valence-corrected chi connectivity index (χ3v) is 12.0. The third-order valence-electron chi connectivity index (χ3n) is 8.75. The van der Waals surface area contributed by atoms with Gasteiger partial charge < -0.3 is 30.1 Å². The van der Waals surface area contributed by atoms with Crippen LogP contribution in [0.25, 0.3) is 11.2 Å². The quantitative estimate of drug-likeness (QED) is 0.162. The largest absolute Gasteiger partial charge is 0.387 e. The lowest BCUT2D eigenvalue weighted by Crippen LogP contribution is -2.61. The van der Waals surface area contributed by atoms with Crippen LogP contribution < -0.4 is 5.32 Å². The average Bonchev–Trinajstić information content (AvgIpc) is 3.29. The second-order valence-corrected chi connectivity index (χ2v) is 16.9. The number of aromatic nitrogens is 4. The van der Waals surface area contributed by atoms with Crippen molar-refractivity contribution >= 4 is 46.3 Å². The molecule has 8 atom stereocenters. The number of hydrogen-bond acceptors (Lipinski definition) is 11. The number of nitrogens with zero attached hydrogens (tertiary/aromatic N) is 4. The third kappa shape index (κ3) is 5.29. The van der Waals surface area contributed by atoms with E-state index in [9.17, 15) is 23.2 Å². The summed E-state index contributed by atoms with van der Waals surface area (Å²) < 4.78 is 46.6. The van der Waals surface area contributed by atoms with Crippen LogP contribution in [0.3, 0.4) is 0 Å². The number of anilines is 1. The number of rotatable bonds is 8. The molecule has 5 aliphatic rings. The first-order chi connectivity index (χ1) is 18.5. The summed E-state index contributed by atoms with van der Waals surface area (Å²) >= 11 is 6.34. The van der Waals surface area contributed by atoms with Crippen LogP contribution in [0, 0.1) is 16.7 Å². The van der Waals surface area contributed by atoms with E-state index in [1.807, 2.05) is 0 Å². The van der Waals surface area contributed by atoms with Gasteiger partial charge >= 0.3 is 7.60 Å². The fourth-order valence-electron chi connectivity index (χ4n) is 8.51. The highest BCUT2D eigenvalue weighted by Gasteiger charge is 2.60. The van der Waals surface area contributed by atoms with Crippen molar-refractivity contribution < 1.29 is 41.9 Å². The Morgan fingerprint density at radius 1 is 1.15 bits per heavy atom. The zero-order valence-corrected chi connectivity index (χ0v) is 24.4. The Bertz CT molecular complexity index is 1480. The topological polar surface area (TPSA) is 206 Å². The molecule has 40 heavy (non-hydrogen) atoms. The molecule has 1 aliphatic heterocycles. The molecule has 0 spiro atoms. The van der Waals surface area contributed by atoms with Crippen molar-refractivity contribution in [1.29, 1.82) is 0 Å². The predicted molar refractivity (Wildman–Crippen MR) is 142 cm³/mol. The molecule has 0 aromatic carbocycles. The fourth-order valence-corrected chi connectivity index (χ4v) is 11.0. The lowest BCUT2D eigenvalue weighted by Gasteiger charge is -2.65. The van der Waals surface area contributed by atoms with Crippen LogP contribution in [-0.2, 0) is 23.6 Å². The molecular formula is C23H33ClN5O9PS. The summed E-state index contributed by atoms with van der Waals surface area (Å²) in [5.74, 6) is 1.11. The summed E-state index contributed by atoms with van der Waals surface area (Å²) in [6.45, 7) is 3.96. The Labute approximate surface area is 235 Å². The van der Waals surface area contributed by atoms with Crippen LogP contribution >= 0.6 is 19.2 Å². The molecule has 5 N–H and O–H groups in total. The number of hydrogen-bond donors (Lipinski definition) is 5. The minimum absolute atomic E-state index is 0.0460. The second-order valence-electron chi connectivity index (χ2n) is 12.9. The Morgan fingerprint density at radius 2 is 1.82 bits per heavy atom. The van der Waals surface area contributed by atoms with E-state index in [1.54, 1.807) is 0 Å². The predicted octanol–water partition coefficient (Wildman–Crippen LogP) is 1.74. The van der Waals surface area contributed by atoms with E-state index in [-0.39, 0.29) is 27.3 Å². The first-order valence-electron chi connectivity index (χ1n) is 13.1. The zero-order chi connectivity index (χ0) is 28.9. The maximum absolute atomic E-state index is 11.9. The van der Waals surface area contributed by atoms with Crippen LogP contribution in [0.4, 0.5) is 5.82 Å². The lowest BCUT2D eigenvalue weighted by atomic mass is 9.43. The average molecular weight is 622 g/mol. The molecule has 4 saturated carbocycles. The van der Waals surface area contributed by atoms with Crippen molar-refractivity contribution in [2.24, 2.45) is 16.7 Å². The van der Waals surface area contributed by atoms with Gasteiger partial charge in [0.05, 0.1) is 12.9 Å². The van der Waals surface area contributed by atoms with E-state index in [1.165, 1.54) is 30.2 Å². The molecule has 4 unspecified atom stereocenters. The van der Waals surface area contributed by atoms with Gasteiger partial charge in [0.1, 0.15) is 18.3 Å². The molecule has 0 radical (unpaired) electrons. The van der Waals surface area contributed by atoms with Gasteiger partial charge in [0.15, 0.2) is 28.7 Å². The number of halogens is 1. The van der Waals surface area contributed by atoms with Crippen molar-refractivity contribution in [2.75, 3.05) is 17.4 Å². The molecule has 1 saturated heterocycles. The van der Waals surface area contributed by atoms with Gasteiger partial charge in [0.2, 0.25) is 5.28 Å². The van der Waals surface area contributed by atoms with Gasteiger partial charge in [0.25, 0.3) is 10.1 Å². The van der Waals surface area contributed by atoms with Crippen molar-refractivity contribution in [2.45, 2.75) is 82.5 Å². The molecule has 222 valence electrons. The second kappa shape index (κ2) is 9.29. The van der Waals surface area contributed by atoms with E-state index in [0.717, 1.165) is 19.3 Å². The number of nitrogens with one attached hydrogen (secondary N) is 1. The van der Waals surface area contributed by atoms with Crippen molar-refractivity contribution in [3.63, 3.8) is 0 Å². The van der Waals surface area contributed by atoms with Crippen molar-refractivity contribution in [3.05, 3.63) is 11.6 Å². The molecule has 14 nitrogen and oxygen atoms in total. The molecule has 2 aromatic heterocycles. The number of aliphatic hydroxyl groups excluding tert-OH is 2. The minimum atomic E-state index is -4.90. The zero-order valence-electron chi connectivity index (χ0n) is 22.0. The number of aliphatic hydroxyl groups is 2. The lowest BCUT2D eigenvalue weighted by molar-refractivity contribution is -0.0973. The first kappa shape index (κ1) is 28.7. The van der Waals surface area contributed by atoms with E-state index in [4.69, 9.17) is 26.1 Å². The summed E-state index contributed by atoms with van der Waals surface area (Å²) in [4.78, 5) is 31.1. The smallest absolute Gasteiger partial charge is 0.343 e. The summed E-state index contributed by atoms with van der Waals surface area (Å²) in [5.41, 5.74) is -0.514. The van der Waals surface area contributed by atoms with Crippen molar-refractivity contribution in [1.82, 2.24) is 19.5 Å². The number of ether oxygens (including phenoxy) is 1. The SMILES string of the molecule is C[C@]12CC3CC(Nc4nc(Cl)nc5c4ncn5[C@@H]4O[C@H](COS(=O)(=O)CP(=O)(O)O)C(O)C4O)(C1)C[C@@](C)(C3)C2. The van der Waals surface area contributed by atoms with E-state index in [2.05, 4.69) is 38.3 Å². The Morgan fingerprint density at radius 3 is 2.45 bits per heavy atom. The van der Waals surface area contributed by atoms with Gasteiger partial charge in [-0.2, -0.15) is 18.4 Å². The van der Waals surface area contributed by atoms with Crippen LogP contribution in [0.15, 0.2) is 6.33 Å². The van der Waals surface area contributed by atoms with Crippen LogP contribution in [0.5, 0.6) is 0 Å². The molecule has 3 heterocycles. The number of imidazole rings is 1. The van der Waals surface area contributed by atoms with Gasteiger partial charge in [-0.15, -0.1) is 0 Å². The number of fused-ring (bicyclic) bond motifs is 1.